The number of benzene rings is 1. The van der Waals surface area contributed by atoms with Crippen LogP contribution in [0.15, 0.2) is 35.4 Å². The average Bonchev–Trinajstić information content (AvgIpc) is 2.38. The summed E-state index contributed by atoms with van der Waals surface area (Å²) in [5, 5.41) is 2.86. The molecule has 5 heteroatoms. The molecule has 1 aromatic carbocycles. The van der Waals surface area contributed by atoms with Crippen LogP contribution in [0.25, 0.3) is 0 Å². The van der Waals surface area contributed by atoms with Crippen molar-refractivity contribution in [2.24, 2.45) is 0 Å². The topological polar surface area (TPSA) is 54.9 Å². The second kappa shape index (κ2) is 5.84. The molecule has 0 unspecified atom stereocenters. The van der Waals surface area contributed by atoms with E-state index in [-0.39, 0.29) is 5.91 Å². The fourth-order valence-corrected chi connectivity index (χ4v) is 2.16. The largest absolute Gasteiger partial charge is 0.322 e. The van der Waals surface area contributed by atoms with Gasteiger partial charge in [0.25, 0.3) is 5.91 Å². The molecule has 0 fully saturated rings. The number of amides is 1. The monoisotopic (exact) mass is 273 g/mol. The molecule has 0 radical (unpaired) electrons. The predicted octanol–water partition coefficient (Wildman–Crippen LogP) is 3.07. The van der Waals surface area contributed by atoms with Crippen molar-refractivity contribution in [1.82, 2.24) is 9.97 Å². The third kappa shape index (κ3) is 3.32. The van der Waals surface area contributed by atoms with Crippen LogP contribution in [0.3, 0.4) is 0 Å². The lowest BCUT2D eigenvalue weighted by molar-refractivity contribution is 0.102. The minimum atomic E-state index is -0.184. The van der Waals surface area contributed by atoms with Gasteiger partial charge in [-0.25, -0.2) is 9.97 Å². The maximum absolute atomic E-state index is 12.1. The average molecular weight is 273 g/mol. The summed E-state index contributed by atoms with van der Waals surface area (Å²) in [5.41, 5.74) is 1.96. The quantitative estimate of drug-likeness (QED) is 0.873. The van der Waals surface area contributed by atoms with Crippen LogP contribution in [0.2, 0.25) is 0 Å². The molecule has 0 saturated heterocycles. The molecule has 19 heavy (non-hydrogen) atoms. The summed E-state index contributed by atoms with van der Waals surface area (Å²) in [7, 11) is 0. The van der Waals surface area contributed by atoms with E-state index in [0.717, 1.165) is 10.6 Å². The zero-order valence-corrected chi connectivity index (χ0v) is 11.9. The highest BCUT2D eigenvalue weighted by Gasteiger charge is 2.11. The summed E-state index contributed by atoms with van der Waals surface area (Å²) >= 11 is 1.63. The van der Waals surface area contributed by atoms with Crippen LogP contribution < -0.4 is 5.32 Å². The fraction of sp³-hybridized carbons (Fsp3) is 0.214. The van der Waals surface area contributed by atoms with Crippen molar-refractivity contribution in [3.63, 3.8) is 0 Å². The summed E-state index contributed by atoms with van der Waals surface area (Å²) in [6, 6.07) is 7.72. The van der Waals surface area contributed by atoms with Crippen LogP contribution in [0, 0.1) is 13.8 Å². The molecule has 1 N–H and O–H groups in total. The van der Waals surface area contributed by atoms with Crippen molar-refractivity contribution in [2.45, 2.75) is 18.7 Å². The molecule has 0 aliphatic carbocycles. The van der Waals surface area contributed by atoms with Gasteiger partial charge in [0, 0.05) is 16.8 Å². The first-order chi connectivity index (χ1) is 9.10. The molecule has 98 valence electrons. The number of nitrogens with zero attached hydrogens (tertiary/aromatic N) is 2. The van der Waals surface area contributed by atoms with Crippen LogP contribution in [-0.4, -0.2) is 22.1 Å². The Morgan fingerprint density at radius 1 is 1.32 bits per heavy atom. The minimum absolute atomic E-state index is 0.184. The molecule has 4 nitrogen and oxygen atoms in total. The number of rotatable bonds is 3. The molecule has 0 aliphatic heterocycles. The van der Waals surface area contributed by atoms with E-state index in [4.69, 9.17) is 0 Å². The highest BCUT2D eigenvalue weighted by molar-refractivity contribution is 7.98. The predicted molar refractivity (Wildman–Crippen MR) is 77.7 cm³/mol. The molecule has 0 spiro atoms. The van der Waals surface area contributed by atoms with E-state index >= 15 is 0 Å². The first kappa shape index (κ1) is 13.5. The SMILES string of the molecule is CSc1cccc(NC(=O)c2cnc(C)nc2C)c1. The Kier molecular flexibility index (Phi) is 4.16. The van der Waals surface area contributed by atoms with E-state index in [1.165, 1.54) is 0 Å². The molecule has 1 heterocycles. The normalized spacial score (nSPS) is 10.3. The highest BCUT2D eigenvalue weighted by atomic mass is 32.2. The first-order valence-corrected chi connectivity index (χ1v) is 7.08. The van der Waals surface area contributed by atoms with Crippen molar-refractivity contribution in [3.05, 3.63) is 47.5 Å². The molecule has 2 rings (SSSR count). The number of aromatic nitrogens is 2. The molecular weight excluding hydrogens is 258 g/mol. The molecule has 0 saturated carbocycles. The summed E-state index contributed by atoms with van der Waals surface area (Å²) in [6.45, 7) is 3.61. The van der Waals surface area contributed by atoms with Crippen molar-refractivity contribution in [2.75, 3.05) is 11.6 Å². The maximum atomic E-state index is 12.1. The molecule has 0 aliphatic rings. The van der Waals surface area contributed by atoms with Gasteiger partial charge < -0.3 is 5.32 Å². The Bertz CT molecular complexity index is 613. The molecule has 1 amide bonds. The lowest BCUT2D eigenvalue weighted by Gasteiger charge is -2.08. The fourth-order valence-electron chi connectivity index (χ4n) is 1.71. The van der Waals surface area contributed by atoms with Crippen LogP contribution in [0.5, 0.6) is 0 Å². The van der Waals surface area contributed by atoms with Gasteiger partial charge in [-0.15, -0.1) is 11.8 Å². The van der Waals surface area contributed by atoms with Crippen molar-refractivity contribution in [3.8, 4) is 0 Å². The van der Waals surface area contributed by atoms with Gasteiger partial charge in [-0.1, -0.05) is 6.07 Å². The number of anilines is 1. The van der Waals surface area contributed by atoms with Crippen LogP contribution in [0.1, 0.15) is 21.9 Å². The Labute approximate surface area is 116 Å². The Morgan fingerprint density at radius 2 is 2.11 bits per heavy atom. The third-order valence-corrected chi connectivity index (χ3v) is 3.40. The number of thioether (sulfide) groups is 1. The van der Waals surface area contributed by atoms with Gasteiger partial charge in [-0.05, 0) is 38.3 Å². The van der Waals surface area contributed by atoms with Gasteiger partial charge in [0.2, 0.25) is 0 Å². The van der Waals surface area contributed by atoms with Gasteiger partial charge in [-0.2, -0.15) is 0 Å². The van der Waals surface area contributed by atoms with Gasteiger partial charge in [0.05, 0.1) is 11.3 Å². The van der Waals surface area contributed by atoms with Crippen LogP contribution in [-0.2, 0) is 0 Å². The van der Waals surface area contributed by atoms with Crippen molar-refractivity contribution >= 4 is 23.4 Å². The van der Waals surface area contributed by atoms with E-state index in [9.17, 15) is 4.79 Å². The summed E-state index contributed by atoms with van der Waals surface area (Å²) in [6.07, 6.45) is 3.56. The molecule has 0 bridgehead atoms. The minimum Gasteiger partial charge on any atom is -0.322 e. The molecule has 2 aromatic rings. The van der Waals surface area contributed by atoms with E-state index in [2.05, 4.69) is 15.3 Å². The van der Waals surface area contributed by atoms with Gasteiger partial charge in [0.1, 0.15) is 5.82 Å². The number of aryl methyl sites for hydroxylation is 2. The highest BCUT2D eigenvalue weighted by Crippen LogP contribution is 2.19. The van der Waals surface area contributed by atoms with Gasteiger partial charge >= 0.3 is 0 Å². The van der Waals surface area contributed by atoms with Crippen LogP contribution >= 0.6 is 11.8 Å². The second-order valence-electron chi connectivity index (χ2n) is 4.10. The maximum Gasteiger partial charge on any atom is 0.259 e. The standard InChI is InChI=1S/C14H15N3OS/c1-9-13(8-15-10(2)16-9)14(18)17-11-5-4-6-12(7-11)19-3/h4-8H,1-3H3,(H,17,18). The zero-order valence-electron chi connectivity index (χ0n) is 11.1. The number of hydrogen-bond acceptors (Lipinski definition) is 4. The van der Waals surface area contributed by atoms with E-state index in [0.29, 0.717) is 17.1 Å². The summed E-state index contributed by atoms with van der Waals surface area (Å²) < 4.78 is 0. The summed E-state index contributed by atoms with van der Waals surface area (Å²) in [4.78, 5) is 21.5. The van der Waals surface area contributed by atoms with E-state index < -0.39 is 0 Å². The van der Waals surface area contributed by atoms with E-state index in [1.807, 2.05) is 37.4 Å². The first-order valence-electron chi connectivity index (χ1n) is 5.86. The second-order valence-corrected chi connectivity index (χ2v) is 4.98. The zero-order chi connectivity index (χ0) is 13.8. The number of nitrogens with one attached hydrogen (secondary N) is 1. The van der Waals surface area contributed by atoms with Gasteiger partial charge in [-0.3, -0.25) is 4.79 Å². The van der Waals surface area contributed by atoms with E-state index in [1.54, 1.807) is 24.9 Å². The summed E-state index contributed by atoms with van der Waals surface area (Å²) in [5.74, 6) is 0.481. The molecule has 1 aromatic heterocycles. The Hall–Kier alpha value is -1.88. The number of carbonyl (C=O) groups excluding carboxylic acids is 1. The van der Waals surface area contributed by atoms with Gasteiger partial charge in [0.15, 0.2) is 0 Å². The number of hydrogen-bond donors (Lipinski definition) is 1. The van der Waals surface area contributed by atoms with Crippen molar-refractivity contribution in [1.29, 1.82) is 0 Å². The lowest BCUT2D eigenvalue weighted by atomic mass is 10.2. The smallest absolute Gasteiger partial charge is 0.259 e. The third-order valence-electron chi connectivity index (χ3n) is 2.67. The molecule has 0 atom stereocenters. The number of carbonyl (C=O) groups is 1. The Balaban J connectivity index is 2.20. The molecular formula is C14H15N3OS. The Morgan fingerprint density at radius 3 is 2.79 bits per heavy atom. The van der Waals surface area contributed by atoms with Crippen LogP contribution in [0.4, 0.5) is 5.69 Å². The lowest BCUT2D eigenvalue weighted by Crippen LogP contribution is -2.15. The van der Waals surface area contributed by atoms with Crippen molar-refractivity contribution < 1.29 is 4.79 Å².